The van der Waals surface area contributed by atoms with Gasteiger partial charge in [0.25, 0.3) is 5.56 Å². The highest BCUT2D eigenvalue weighted by molar-refractivity contribution is 7.88. The predicted molar refractivity (Wildman–Crippen MR) is 119 cm³/mol. The van der Waals surface area contributed by atoms with Crippen LogP contribution in [0.25, 0.3) is 0 Å². The van der Waals surface area contributed by atoms with Crippen LogP contribution < -0.4 is 10.3 Å². The number of nitrogens with zero attached hydrogens (tertiary/aromatic N) is 1. The van der Waals surface area contributed by atoms with E-state index in [1.165, 1.54) is 5.56 Å². The lowest BCUT2D eigenvalue weighted by molar-refractivity contribution is 0.00732. The molecule has 0 aliphatic heterocycles. The van der Waals surface area contributed by atoms with Gasteiger partial charge in [-0.05, 0) is 62.6 Å². The molecule has 1 heterocycles. The maximum absolute atomic E-state index is 12.7. The molecule has 1 aliphatic carbocycles. The number of benzene rings is 1. The van der Waals surface area contributed by atoms with Crippen molar-refractivity contribution in [2.45, 2.75) is 57.6 Å². The fourth-order valence-electron chi connectivity index (χ4n) is 4.21. The first-order chi connectivity index (χ1) is 14.2. The van der Waals surface area contributed by atoms with E-state index >= 15 is 0 Å². The van der Waals surface area contributed by atoms with Gasteiger partial charge in [0.15, 0.2) is 0 Å². The molecule has 0 saturated heterocycles. The fraction of sp³-hybridized carbons (Fsp3) is 0.522. The smallest absolute Gasteiger partial charge is 0.253 e. The standard InChI is InChI=1S/C23H32N2O4S/c1-17-13-18(2)23(26)25(15-17)21(14-24-30(3,27)28)16-29-22-11-9-20(10-12-22)19-7-5-4-6-8-19/h4-8,13,15,20-22,24H,9-12,14,16H2,1-3H3/t20?,21-,22?/m0/s1. The van der Waals surface area contributed by atoms with Crippen LogP contribution in [0.4, 0.5) is 0 Å². The van der Waals surface area contributed by atoms with Gasteiger partial charge in [-0.15, -0.1) is 0 Å². The van der Waals surface area contributed by atoms with Gasteiger partial charge in [-0.2, -0.15) is 0 Å². The maximum Gasteiger partial charge on any atom is 0.253 e. The van der Waals surface area contributed by atoms with E-state index in [2.05, 4.69) is 29.0 Å². The van der Waals surface area contributed by atoms with Crippen molar-refractivity contribution in [1.82, 2.24) is 9.29 Å². The molecule has 1 aliphatic rings. The molecule has 164 valence electrons. The number of hydrogen-bond donors (Lipinski definition) is 1. The van der Waals surface area contributed by atoms with Crippen LogP contribution in [-0.2, 0) is 14.8 Å². The Balaban J connectivity index is 1.65. The molecular weight excluding hydrogens is 400 g/mol. The monoisotopic (exact) mass is 432 g/mol. The summed E-state index contributed by atoms with van der Waals surface area (Å²) in [5, 5.41) is 0. The minimum absolute atomic E-state index is 0.114. The summed E-state index contributed by atoms with van der Waals surface area (Å²) in [6.07, 6.45) is 7.11. The summed E-state index contributed by atoms with van der Waals surface area (Å²) in [6, 6.07) is 12.0. The first kappa shape index (κ1) is 22.7. The van der Waals surface area contributed by atoms with Crippen LogP contribution in [0.2, 0.25) is 0 Å². The molecule has 1 atom stereocenters. The zero-order valence-corrected chi connectivity index (χ0v) is 18.8. The molecule has 1 aromatic carbocycles. The molecular formula is C23H32N2O4S. The summed E-state index contributed by atoms with van der Waals surface area (Å²) < 4.78 is 33.6. The van der Waals surface area contributed by atoms with E-state index in [-0.39, 0.29) is 18.2 Å². The SMILES string of the molecule is Cc1cc(C)c(=O)n([C@@H](CNS(C)(=O)=O)COC2CCC(c3ccccc3)CC2)c1. The fourth-order valence-corrected chi connectivity index (χ4v) is 4.71. The Hall–Kier alpha value is -1.96. The van der Waals surface area contributed by atoms with Crippen LogP contribution in [0, 0.1) is 13.8 Å². The quantitative estimate of drug-likeness (QED) is 0.694. The van der Waals surface area contributed by atoms with Crippen molar-refractivity contribution in [3.05, 3.63) is 69.6 Å². The summed E-state index contributed by atoms with van der Waals surface area (Å²) in [5.41, 5.74) is 2.87. The summed E-state index contributed by atoms with van der Waals surface area (Å²) in [5.74, 6) is 0.566. The van der Waals surface area contributed by atoms with Gasteiger partial charge in [-0.25, -0.2) is 13.1 Å². The number of pyridine rings is 1. The van der Waals surface area contributed by atoms with Gasteiger partial charge in [-0.1, -0.05) is 30.3 Å². The highest BCUT2D eigenvalue weighted by atomic mass is 32.2. The zero-order chi connectivity index (χ0) is 21.7. The van der Waals surface area contributed by atoms with Crippen molar-refractivity contribution in [1.29, 1.82) is 0 Å². The first-order valence-electron chi connectivity index (χ1n) is 10.5. The Morgan fingerprint density at radius 3 is 2.43 bits per heavy atom. The van der Waals surface area contributed by atoms with Crippen LogP contribution in [0.15, 0.2) is 47.4 Å². The molecule has 6 nitrogen and oxygen atoms in total. The van der Waals surface area contributed by atoms with E-state index in [0.29, 0.717) is 18.1 Å². The third kappa shape index (κ3) is 6.27. The van der Waals surface area contributed by atoms with Crippen LogP contribution in [0.1, 0.15) is 54.3 Å². The van der Waals surface area contributed by atoms with Crippen molar-refractivity contribution in [2.24, 2.45) is 0 Å². The topological polar surface area (TPSA) is 77.4 Å². The van der Waals surface area contributed by atoms with Crippen LogP contribution in [0.5, 0.6) is 0 Å². The zero-order valence-electron chi connectivity index (χ0n) is 18.0. The number of hydrogen-bond acceptors (Lipinski definition) is 4. The highest BCUT2D eigenvalue weighted by Crippen LogP contribution is 2.34. The lowest BCUT2D eigenvalue weighted by atomic mass is 9.83. The van der Waals surface area contributed by atoms with Gasteiger partial charge in [0, 0.05) is 18.3 Å². The second-order valence-corrected chi connectivity index (χ2v) is 10.2. The molecule has 0 bridgehead atoms. The van der Waals surface area contributed by atoms with E-state index in [9.17, 15) is 13.2 Å². The highest BCUT2D eigenvalue weighted by Gasteiger charge is 2.24. The van der Waals surface area contributed by atoms with E-state index in [0.717, 1.165) is 37.5 Å². The minimum atomic E-state index is -3.36. The van der Waals surface area contributed by atoms with Crippen molar-refractivity contribution in [2.75, 3.05) is 19.4 Å². The van der Waals surface area contributed by atoms with Crippen molar-refractivity contribution < 1.29 is 13.2 Å². The molecule has 1 N–H and O–H groups in total. The van der Waals surface area contributed by atoms with Crippen molar-refractivity contribution in [3.8, 4) is 0 Å². The molecule has 3 rings (SSSR count). The molecule has 1 fully saturated rings. The summed E-state index contributed by atoms with van der Waals surface area (Å²) in [7, 11) is -3.36. The number of aryl methyl sites for hydroxylation is 2. The number of rotatable bonds is 8. The van der Waals surface area contributed by atoms with E-state index in [1.54, 1.807) is 17.7 Å². The Bertz CT molecular complexity index is 994. The largest absolute Gasteiger partial charge is 0.376 e. The Labute approximate surface area is 179 Å². The van der Waals surface area contributed by atoms with Gasteiger partial charge in [-0.3, -0.25) is 4.79 Å². The van der Waals surface area contributed by atoms with Gasteiger partial charge < -0.3 is 9.30 Å². The van der Waals surface area contributed by atoms with E-state index in [1.807, 2.05) is 19.1 Å². The van der Waals surface area contributed by atoms with E-state index in [4.69, 9.17) is 4.74 Å². The van der Waals surface area contributed by atoms with Gasteiger partial charge in [0.05, 0.1) is 25.0 Å². The second-order valence-electron chi connectivity index (χ2n) is 8.40. The first-order valence-corrected chi connectivity index (χ1v) is 12.4. The molecule has 0 amide bonds. The number of sulfonamides is 1. The van der Waals surface area contributed by atoms with Gasteiger partial charge in [0.2, 0.25) is 10.0 Å². The molecule has 1 saturated carbocycles. The molecule has 0 radical (unpaired) electrons. The molecule has 0 unspecified atom stereocenters. The Kier molecular flexibility index (Phi) is 7.50. The molecule has 2 aromatic rings. The number of ether oxygens (including phenoxy) is 1. The predicted octanol–water partition coefficient (Wildman–Crippen LogP) is 3.30. The summed E-state index contributed by atoms with van der Waals surface area (Å²) in [6.45, 7) is 4.13. The third-order valence-corrected chi connectivity index (χ3v) is 6.49. The van der Waals surface area contributed by atoms with Gasteiger partial charge >= 0.3 is 0 Å². The maximum atomic E-state index is 12.7. The third-order valence-electron chi connectivity index (χ3n) is 5.80. The van der Waals surface area contributed by atoms with Gasteiger partial charge in [0.1, 0.15) is 0 Å². The Morgan fingerprint density at radius 2 is 1.80 bits per heavy atom. The van der Waals surface area contributed by atoms with Crippen LogP contribution in [0.3, 0.4) is 0 Å². The second kappa shape index (κ2) is 9.90. The molecule has 30 heavy (non-hydrogen) atoms. The number of aromatic nitrogens is 1. The van der Waals surface area contributed by atoms with E-state index < -0.39 is 16.1 Å². The normalized spacial score (nSPS) is 20.8. The minimum Gasteiger partial charge on any atom is -0.376 e. The summed E-state index contributed by atoms with van der Waals surface area (Å²) in [4.78, 5) is 12.7. The number of nitrogens with one attached hydrogen (secondary N) is 1. The molecule has 0 spiro atoms. The average molecular weight is 433 g/mol. The Morgan fingerprint density at radius 1 is 1.13 bits per heavy atom. The van der Waals surface area contributed by atoms with Crippen LogP contribution in [-0.4, -0.2) is 38.5 Å². The van der Waals surface area contributed by atoms with Crippen molar-refractivity contribution >= 4 is 10.0 Å². The van der Waals surface area contributed by atoms with Crippen LogP contribution >= 0.6 is 0 Å². The lowest BCUT2D eigenvalue weighted by Gasteiger charge is -2.30. The molecule has 7 heteroatoms. The average Bonchev–Trinajstić information content (AvgIpc) is 2.71. The lowest BCUT2D eigenvalue weighted by Crippen LogP contribution is -2.38. The summed E-state index contributed by atoms with van der Waals surface area (Å²) >= 11 is 0. The molecule has 1 aromatic heterocycles. The van der Waals surface area contributed by atoms with Crippen molar-refractivity contribution in [3.63, 3.8) is 0 Å².